The Kier molecular flexibility index (Phi) is 6.84. The van der Waals surface area contributed by atoms with Crippen LogP contribution in [0.3, 0.4) is 0 Å². The van der Waals surface area contributed by atoms with Gasteiger partial charge >= 0.3 is 0 Å². The molecule has 0 heterocycles. The molecule has 0 fully saturated rings. The average molecular weight is 356 g/mol. The first-order chi connectivity index (χ1) is 12.6. The van der Waals surface area contributed by atoms with Gasteiger partial charge in [0.1, 0.15) is 0 Å². The second-order valence-corrected chi connectivity index (χ2v) is 5.41. The van der Waals surface area contributed by atoms with Crippen molar-refractivity contribution in [2.45, 2.75) is 13.5 Å². The van der Waals surface area contributed by atoms with E-state index in [1.54, 1.807) is 26.3 Å². The number of ether oxygens (including phenoxy) is 2. The lowest BCUT2D eigenvalue weighted by Gasteiger charge is -2.15. The van der Waals surface area contributed by atoms with Crippen LogP contribution in [0, 0.1) is 0 Å². The maximum absolute atomic E-state index is 11.1. The monoisotopic (exact) mass is 356 g/mol. The van der Waals surface area contributed by atoms with Crippen LogP contribution >= 0.6 is 0 Å². The number of methoxy groups -OCH3 is 1. The molecular weight excluding hydrogens is 332 g/mol. The lowest BCUT2D eigenvalue weighted by Crippen LogP contribution is -2.30. The molecule has 7 heteroatoms. The topological polar surface area (TPSA) is 98.0 Å². The molecule has 2 aromatic rings. The van der Waals surface area contributed by atoms with Crippen LogP contribution in [0.1, 0.15) is 22.8 Å². The highest BCUT2D eigenvalue weighted by Crippen LogP contribution is 2.30. The third kappa shape index (κ3) is 5.14. The Labute approximate surface area is 153 Å². The molecule has 0 saturated heterocycles. The van der Waals surface area contributed by atoms with E-state index in [9.17, 15) is 4.79 Å². The summed E-state index contributed by atoms with van der Waals surface area (Å²) in [5, 5.41) is 6.42. The Balaban J connectivity index is 2.01. The molecule has 0 aliphatic carbocycles. The molecule has 0 spiro atoms. The summed E-state index contributed by atoms with van der Waals surface area (Å²) >= 11 is 0. The summed E-state index contributed by atoms with van der Waals surface area (Å²) in [6.07, 6.45) is 0. The first-order valence-corrected chi connectivity index (χ1v) is 8.24. The summed E-state index contributed by atoms with van der Waals surface area (Å²) in [6, 6.07) is 12.7. The van der Waals surface area contributed by atoms with E-state index in [4.69, 9.17) is 15.2 Å². The zero-order valence-corrected chi connectivity index (χ0v) is 15.2. The summed E-state index contributed by atoms with van der Waals surface area (Å²) in [5.41, 5.74) is 7.56. The molecule has 0 aliphatic heterocycles. The number of nitrogens with two attached hydrogens (primary N) is 1. The third-order valence-corrected chi connectivity index (χ3v) is 3.65. The quantitative estimate of drug-likeness (QED) is 0.523. The van der Waals surface area contributed by atoms with Crippen molar-refractivity contribution >= 4 is 17.6 Å². The number of hydrogen-bond donors (Lipinski definition) is 3. The van der Waals surface area contributed by atoms with E-state index in [0.717, 1.165) is 11.3 Å². The lowest BCUT2D eigenvalue weighted by atomic mass is 10.1. The molecular formula is C19H24N4O3. The maximum atomic E-state index is 11.1. The van der Waals surface area contributed by atoms with Crippen LogP contribution in [0.5, 0.6) is 11.5 Å². The van der Waals surface area contributed by atoms with Crippen molar-refractivity contribution < 1.29 is 14.3 Å². The number of primary amides is 1. The molecule has 2 aromatic carbocycles. The predicted molar refractivity (Wildman–Crippen MR) is 103 cm³/mol. The van der Waals surface area contributed by atoms with E-state index in [0.29, 0.717) is 36.2 Å². The summed E-state index contributed by atoms with van der Waals surface area (Å²) in [7, 11) is 3.30. The number of nitrogens with zero attached hydrogens (tertiary/aromatic N) is 1. The van der Waals surface area contributed by atoms with E-state index in [1.165, 1.54) is 0 Å². The molecule has 0 aliphatic rings. The number of guanidine groups is 1. The van der Waals surface area contributed by atoms with Crippen molar-refractivity contribution in [3.05, 3.63) is 53.6 Å². The van der Waals surface area contributed by atoms with Gasteiger partial charge < -0.3 is 25.8 Å². The van der Waals surface area contributed by atoms with Crippen molar-refractivity contribution in [2.24, 2.45) is 10.7 Å². The number of carbonyl (C=O) groups excluding carboxylic acids is 1. The van der Waals surface area contributed by atoms with Crippen LogP contribution in [-0.4, -0.2) is 32.6 Å². The molecule has 0 saturated carbocycles. The number of anilines is 1. The fourth-order valence-corrected chi connectivity index (χ4v) is 2.31. The second kappa shape index (κ2) is 9.31. The summed E-state index contributed by atoms with van der Waals surface area (Å²) < 4.78 is 10.9. The average Bonchev–Trinajstić information content (AvgIpc) is 2.66. The molecule has 0 aromatic heterocycles. The van der Waals surface area contributed by atoms with Crippen LogP contribution in [-0.2, 0) is 6.54 Å². The maximum Gasteiger partial charge on any atom is 0.248 e. The van der Waals surface area contributed by atoms with Gasteiger partial charge in [-0.15, -0.1) is 0 Å². The number of nitrogens with one attached hydrogen (secondary N) is 2. The molecule has 0 radical (unpaired) electrons. The number of rotatable bonds is 7. The van der Waals surface area contributed by atoms with Gasteiger partial charge in [0.05, 0.1) is 13.7 Å². The Morgan fingerprint density at radius 2 is 1.88 bits per heavy atom. The van der Waals surface area contributed by atoms with Gasteiger partial charge in [-0.05, 0) is 36.8 Å². The Morgan fingerprint density at radius 1 is 1.15 bits per heavy atom. The van der Waals surface area contributed by atoms with Gasteiger partial charge in [0.15, 0.2) is 17.5 Å². The van der Waals surface area contributed by atoms with Gasteiger partial charge in [-0.25, -0.2) is 0 Å². The zero-order valence-electron chi connectivity index (χ0n) is 15.2. The molecule has 4 N–H and O–H groups in total. The minimum atomic E-state index is -0.438. The highest BCUT2D eigenvalue weighted by Gasteiger charge is 2.07. The number of amides is 1. The SMILES string of the molecule is CCOc1cc(NC(=NC)NCc2ccc(C(N)=O)cc2)ccc1OC. The van der Waals surface area contributed by atoms with Crippen molar-refractivity contribution in [2.75, 3.05) is 26.1 Å². The van der Waals surface area contributed by atoms with Crippen LogP contribution in [0.2, 0.25) is 0 Å². The molecule has 138 valence electrons. The van der Waals surface area contributed by atoms with Crippen molar-refractivity contribution in [1.82, 2.24) is 5.32 Å². The van der Waals surface area contributed by atoms with Gasteiger partial charge in [-0.1, -0.05) is 12.1 Å². The molecule has 26 heavy (non-hydrogen) atoms. The fraction of sp³-hybridized carbons (Fsp3) is 0.263. The van der Waals surface area contributed by atoms with E-state index in [1.807, 2.05) is 37.3 Å². The van der Waals surface area contributed by atoms with Crippen molar-refractivity contribution in [3.63, 3.8) is 0 Å². The molecule has 0 atom stereocenters. The highest BCUT2D eigenvalue weighted by atomic mass is 16.5. The van der Waals surface area contributed by atoms with Gasteiger partial charge in [0, 0.05) is 30.9 Å². The summed E-state index contributed by atoms with van der Waals surface area (Å²) in [4.78, 5) is 15.3. The number of benzene rings is 2. The minimum absolute atomic E-state index is 0.438. The highest BCUT2D eigenvalue weighted by molar-refractivity contribution is 5.94. The van der Waals surface area contributed by atoms with Crippen LogP contribution in [0.15, 0.2) is 47.5 Å². The standard InChI is InChI=1S/C19H24N4O3/c1-4-26-17-11-15(9-10-16(17)25-3)23-19(21-2)22-12-13-5-7-14(8-6-13)18(20)24/h5-11H,4,12H2,1-3H3,(H2,20,24)(H2,21,22,23). The Hall–Kier alpha value is -3.22. The normalized spacial score (nSPS) is 11.0. The second-order valence-electron chi connectivity index (χ2n) is 5.41. The minimum Gasteiger partial charge on any atom is -0.493 e. The number of aliphatic imine (C=N–C) groups is 1. The first kappa shape index (κ1) is 19.1. The molecule has 0 bridgehead atoms. The molecule has 7 nitrogen and oxygen atoms in total. The van der Waals surface area contributed by atoms with Gasteiger partial charge in [0.25, 0.3) is 0 Å². The molecule has 2 rings (SSSR count). The third-order valence-electron chi connectivity index (χ3n) is 3.65. The van der Waals surface area contributed by atoms with Crippen LogP contribution < -0.4 is 25.8 Å². The first-order valence-electron chi connectivity index (χ1n) is 8.24. The predicted octanol–water partition coefficient (Wildman–Crippen LogP) is 2.38. The largest absolute Gasteiger partial charge is 0.493 e. The van der Waals surface area contributed by atoms with E-state index >= 15 is 0 Å². The summed E-state index contributed by atoms with van der Waals surface area (Å²) in [6.45, 7) is 3.02. The molecule has 0 unspecified atom stereocenters. The van der Waals surface area contributed by atoms with Gasteiger partial charge in [-0.3, -0.25) is 9.79 Å². The van der Waals surface area contributed by atoms with Gasteiger partial charge in [-0.2, -0.15) is 0 Å². The number of carbonyl (C=O) groups is 1. The summed E-state index contributed by atoms with van der Waals surface area (Å²) in [5.74, 6) is 1.51. The van der Waals surface area contributed by atoms with E-state index < -0.39 is 5.91 Å². The Bertz CT molecular complexity index is 773. The van der Waals surface area contributed by atoms with Crippen LogP contribution in [0.25, 0.3) is 0 Å². The van der Waals surface area contributed by atoms with E-state index in [-0.39, 0.29) is 0 Å². The molecule has 1 amide bonds. The number of hydrogen-bond acceptors (Lipinski definition) is 4. The van der Waals surface area contributed by atoms with Crippen LogP contribution in [0.4, 0.5) is 5.69 Å². The van der Waals surface area contributed by atoms with Crippen molar-refractivity contribution in [3.8, 4) is 11.5 Å². The lowest BCUT2D eigenvalue weighted by molar-refractivity contribution is 0.100. The zero-order chi connectivity index (χ0) is 18.9. The van der Waals surface area contributed by atoms with E-state index in [2.05, 4.69) is 15.6 Å². The van der Waals surface area contributed by atoms with Crippen molar-refractivity contribution in [1.29, 1.82) is 0 Å². The smallest absolute Gasteiger partial charge is 0.248 e. The fourth-order valence-electron chi connectivity index (χ4n) is 2.31. The Morgan fingerprint density at radius 3 is 2.46 bits per heavy atom. The van der Waals surface area contributed by atoms with Gasteiger partial charge in [0.2, 0.25) is 5.91 Å².